The lowest BCUT2D eigenvalue weighted by Gasteiger charge is -2.30. The highest BCUT2D eigenvalue weighted by molar-refractivity contribution is 5.98. The van der Waals surface area contributed by atoms with E-state index in [2.05, 4.69) is 44.5 Å². The first kappa shape index (κ1) is 17.9. The Balaban J connectivity index is 4.70. The van der Waals surface area contributed by atoms with Crippen molar-refractivity contribution in [1.29, 1.82) is 0 Å². The fourth-order valence-electron chi connectivity index (χ4n) is 2.43. The van der Waals surface area contributed by atoms with Gasteiger partial charge in [-0.25, -0.2) is 0 Å². The molecule has 19 heavy (non-hydrogen) atoms. The van der Waals surface area contributed by atoms with Crippen LogP contribution in [0.2, 0.25) is 0 Å². The van der Waals surface area contributed by atoms with Crippen LogP contribution in [0, 0.1) is 5.41 Å². The van der Waals surface area contributed by atoms with Gasteiger partial charge in [-0.2, -0.15) is 5.10 Å². The lowest BCUT2D eigenvalue weighted by molar-refractivity contribution is 0.362. The molecule has 0 bridgehead atoms. The van der Waals surface area contributed by atoms with Crippen LogP contribution in [0.15, 0.2) is 30.5 Å². The van der Waals surface area contributed by atoms with Crippen molar-refractivity contribution in [2.45, 2.75) is 72.1 Å². The summed E-state index contributed by atoms with van der Waals surface area (Å²) in [6, 6.07) is 0. The monoisotopic (exact) mass is 264 g/mol. The molecule has 0 aliphatic rings. The number of rotatable bonds is 12. The topological polar surface area (TPSA) is 24.4 Å². The van der Waals surface area contributed by atoms with Crippen LogP contribution in [0.5, 0.6) is 0 Å². The van der Waals surface area contributed by atoms with E-state index in [1.165, 1.54) is 51.4 Å². The van der Waals surface area contributed by atoms with Gasteiger partial charge in [0.05, 0.1) is 5.71 Å². The van der Waals surface area contributed by atoms with Gasteiger partial charge in [0.25, 0.3) is 0 Å². The molecule has 1 atom stereocenters. The van der Waals surface area contributed by atoms with Gasteiger partial charge in [-0.1, -0.05) is 72.5 Å². The molecule has 0 spiro atoms. The Labute approximate surface area is 120 Å². The van der Waals surface area contributed by atoms with Gasteiger partial charge in [-0.05, 0) is 18.9 Å². The summed E-state index contributed by atoms with van der Waals surface area (Å²) in [7, 11) is 0. The second kappa shape index (κ2) is 10.8. The summed E-state index contributed by atoms with van der Waals surface area (Å²) in [5.74, 6) is 0. The zero-order valence-corrected chi connectivity index (χ0v) is 13.2. The van der Waals surface area contributed by atoms with Crippen molar-refractivity contribution >= 4 is 5.71 Å². The van der Waals surface area contributed by atoms with E-state index < -0.39 is 0 Å². The van der Waals surface area contributed by atoms with Crippen LogP contribution in [0.4, 0.5) is 0 Å². The molecule has 0 amide bonds. The first-order chi connectivity index (χ1) is 9.14. The van der Waals surface area contributed by atoms with Crippen LogP contribution in [-0.2, 0) is 0 Å². The molecule has 0 fully saturated rings. The molecule has 0 saturated heterocycles. The van der Waals surface area contributed by atoms with Gasteiger partial charge < -0.3 is 0 Å². The van der Waals surface area contributed by atoms with E-state index in [0.29, 0.717) is 0 Å². The number of nitrogens with one attached hydrogen (secondary N) is 1. The van der Waals surface area contributed by atoms with Crippen molar-refractivity contribution in [3.63, 3.8) is 0 Å². The van der Waals surface area contributed by atoms with Crippen LogP contribution in [0.1, 0.15) is 72.1 Å². The van der Waals surface area contributed by atoms with E-state index >= 15 is 0 Å². The molecule has 1 unspecified atom stereocenters. The predicted molar refractivity (Wildman–Crippen MR) is 87.4 cm³/mol. The molecule has 0 aromatic carbocycles. The molecule has 110 valence electrons. The molecule has 1 N–H and O–H groups in total. The average Bonchev–Trinajstić information content (AvgIpc) is 2.42. The summed E-state index contributed by atoms with van der Waals surface area (Å²) in [4.78, 5) is 0. The Morgan fingerprint density at radius 3 is 2.21 bits per heavy atom. The molecular formula is C17H32N2. The lowest BCUT2D eigenvalue weighted by atomic mass is 9.76. The molecule has 0 aromatic heterocycles. The highest BCUT2D eigenvalue weighted by Gasteiger charge is 2.27. The zero-order valence-electron chi connectivity index (χ0n) is 13.2. The average molecular weight is 264 g/mol. The van der Waals surface area contributed by atoms with Gasteiger partial charge >= 0.3 is 0 Å². The normalized spacial score (nSPS) is 14.8. The van der Waals surface area contributed by atoms with Gasteiger partial charge in [0.15, 0.2) is 0 Å². The molecule has 0 aromatic rings. The first-order valence-corrected chi connectivity index (χ1v) is 7.71. The molecule has 2 heteroatoms. The number of hydrogen-bond donors (Lipinski definition) is 1. The molecular weight excluding hydrogens is 232 g/mol. The van der Waals surface area contributed by atoms with Crippen molar-refractivity contribution < 1.29 is 0 Å². The van der Waals surface area contributed by atoms with Crippen molar-refractivity contribution in [2.24, 2.45) is 10.5 Å². The Morgan fingerprint density at radius 2 is 1.68 bits per heavy atom. The molecule has 2 nitrogen and oxygen atoms in total. The van der Waals surface area contributed by atoms with E-state index in [1.807, 2.05) is 6.08 Å². The summed E-state index contributed by atoms with van der Waals surface area (Å²) in [6.45, 7) is 14.4. The lowest BCUT2D eigenvalue weighted by Crippen LogP contribution is -2.28. The van der Waals surface area contributed by atoms with E-state index in [9.17, 15) is 0 Å². The number of nitrogens with zero attached hydrogens (tertiary/aromatic N) is 1. The quantitative estimate of drug-likeness (QED) is 0.284. The minimum atomic E-state index is 0.140. The molecule has 0 aliphatic carbocycles. The zero-order chi connectivity index (χ0) is 14.6. The minimum absolute atomic E-state index is 0.140. The maximum Gasteiger partial charge on any atom is 0.0660 e. The minimum Gasteiger partial charge on any atom is -0.286 e. The van der Waals surface area contributed by atoms with Crippen LogP contribution in [-0.4, -0.2) is 5.71 Å². The van der Waals surface area contributed by atoms with Gasteiger partial charge in [-0.3, -0.25) is 5.43 Å². The standard InChI is InChI=1S/C17H32N2/c1-6-10-12-13-15-17(5,14-11-7-2)16(8-3)19-18-9-4/h8-9,18H,3-4,6-7,10-15H2,1-2,5H3/b19-16+. The van der Waals surface area contributed by atoms with Crippen LogP contribution in [0.3, 0.4) is 0 Å². The van der Waals surface area contributed by atoms with Crippen molar-refractivity contribution in [1.82, 2.24) is 5.43 Å². The number of unbranched alkanes of at least 4 members (excludes halogenated alkanes) is 4. The van der Waals surface area contributed by atoms with Gasteiger partial charge in [0, 0.05) is 11.6 Å². The van der Waals surface area contributed by atoms with E-state index in [0.717, 1.165) is 5.71 Å². The fraction of sp³-hybridized carbons (Fsp3) is 0.706. The van der Waals surface area contributed by atoms with Crippen LogP contribution in [0.25, 0.3) is 0 Å². The maximum atomic E-state index is 4.42. The fourth-order valence-corrected chi connectivity index (χ4v) is 2.43. The Kier molecular flexibility index (Phi) is 10.2. The highest BCUT2D eigenvalue weighted by Crippen LogP contribution is 2.33. The predicted octanol–water partition coefficient (Wildman–Crippen LogP) is 5.43. The Bertz CT molecular complexity index is 281. The Morgan fingerprint density at radius 1 is 1.05 bits per heavy atom. The largest absolute Gasteiger partial charge is 0.286 e. The summed E-state index contributed by atoms with van der Waals surface area (Å²) in [5, 5.41) is 4.42. The molecule has 0 aliphatic heterocycles. The third-order valence-electron chi connectivity index (χ3n) is 3.75. The van der Waals surface area contributed by atoms with Crippen molar-refractivity contribution in [2.75, 3.05) is 0 Å². The molecule has 0 heterocycles. The van der Waals surface area contributed by atoms with E-state index in [-0.39, 0.29) is 5.41 Å². The molecule has 0 rings (SSSR count). The smallest absolute Gasteiger partial charge is 0.0660 e. The van der Waals surface area contributed by atoms with Crippen LogP contribution >= 0.6 is 0 Å². The van der Waals surface area contributed by atoms with Crippen LogP contribution < -0.4 is 5.43 Å². The number of hydrazone groups is 1. The maximum absolute atomic E-state index is 4.42. The van der Waals surface area contributed by atoms with Gasteiger partial charge in [0.1, 0.15) is 0 Å². The first-order valence-electron chi connectivity index (χ1n) is 7.71. The van der Waals surface area contributed by atoms with Gasteiger partial charge in [0.2, 0.25) is 0 Å². The Hall–Kier alpha value is -1.05. The SMILES string of the molecule is C=CN/N=C(\C=C)C(C)(CCCC)CCCCCC. The second-order valence-electron chi connectivity index (χ2n) is 5.51. The van der Waals surface area contributed by atoms with Gasteiger partial charge in [-0.15, -0.1) is 0 Å². The number of allylic oxidation sites excluding steroid dienone is 1. The summed E-state index contributed by atoms with van der Waals surface area (Å²) < 4.78 is 0. The van der Waals surface area contributed by atoms with E-state index in [1.54, 1.807) is 6.20 Å². The van der Waals surface area contributed by atoms with Crippen molar-refractivity contribution in [3.05, 3.63) is 25.4 Å². The second-order valence-corrected chi connectivity index (χ2v) is 5.51. The molecule has 0 radical (unpaired) electrons. The third-order valence-corrected chi connectivity index (χ3v) is 3.75. The summed E-state index contributed by atoms with van der Waals surface area (Å²) >= 11 is 0. The highest BCUT2D eigenvalue weighted by atomic mass is 15.3. The van der Waals surface area contributed by atoms with E-state index in [4.69, 9.17) is 0 Å². The number of hydrogen-bond acceptors (Lipinski definition) is 2. The molecule has 0 saturated carbocycles. The third kappa shape index (κ3) is 7.19. The van der Waals surface area contributed by atoms with Crippen molar-refractivity contribution in [3.8, 4) is 0 Å². The summed E-state index contributed by atoms with van der Waals surface area (Å²) in [5.41, 5.74) is 4.07. The summed E-state index contributed by atoms with van der Waals surface area (Å²) in [6.07, 6.45) is 13.5.